The molecule has 7 heteroatoms. The average Bonchev–Trinajstić information content (AvgIpc) is 3.04. The molecule has 1 aromatic carbocycles. The van der Waals surface area contributed by atoms with Gasteiger partial charge < -0.3 is 9.63 Å². The predicted molar refractivity (Wildman–Crippen MR) is 101 cm³/mol. The molecule has 0 spiro atoms. The molecule has 3 heterocycles. The molecule has 4 aromatic rings. The van der Waals surface area contributed by atoms with Crippen LogP contribution in [0.2, 0.25) is 0 Å². The quantitative estimate of drug-likeness (QED) is 0.557. The third-order valence-corrected chi connectivity index (χ3v) is 4.71. The van der Waals surface area contributed by atoms with Gasteiger partial charge in [0.25, 0.3) is 11.5 Å². The lowest BCUT2D eigenvalue weighted by Crippen LogP contribution is -2.41. The van der Waals surface area contributed by atoms with E-state index in [2.05, 4.69) is 11.2 Å². The Morgan fingerprint density at radius 3 is 2.75 bits per heavy atom. The van der Waals surface area contributed by atoms with Gasteiger partial charge in [-0.2, -0.15) is 14.2 Å². The number of pyridine rings is 1. The lowest BCUT2D eigenvalue weighted by molar-refractivity contribution is -0.671. The van der Waals surface area contributed by atoms with Crippen molar-refractivity contribution in [2.75, 3.05) is 0 Å². The van der Waals surface area contributed by atoms with Gasteiger partial charge in [0, 0.05) is 6.07 Å². The van der Waals surface area contributed by atoms with Crippen LogP contribution >= 0.6 is 0 Å². The fourth-order valence-electron chi connectivity index (χ4n) is 3.42. The van der Waals surface area contributed by atoms with Gasteiger partial charge in [0.05, 0.1) is 29.1 Å². The van der Waals surface area contributed by atoms with E-state index in [0.717, 1.165) is 5.56 Å². The molecule has 4 rings (SSSR count). The van der Waals surface area contributed by atoms with Crippen LogP contribution < -0.4 is 10.1 Å². The number of aromatic hydroxyl groups is 1. The number of hydrogen-bond donors (Lipinski definition) is 1. The Kier molecular flexibility index (Phi) is 4.17. The number of nitrogens with zero attached hydrogens (tertiary/aromatic N) is 4. The molecule has 0 radical (unpaired) electrons. The van der Waals surface area contributed by atoms with Crippen molar-refractivity contribution >= 4 is 5.65 Å². The number of fused-ring (bicyclic) bond motifs is 1. The summed E-state index contributed by atoms with van der Waals surface area (Å²) in [4.78, 5) is 13.1. The summed E-state index contributed by atoms with van der Waals surface area (Å²) < 4.78 is 8.32. The van der Waals surface area contributed by atoms with E-state index in [0.29, 0.717) is 28.2 Å². The van der Waals surface area contributed by atoms with Crippen LogP contribution in [0, 0.1) is 25.2 Å². The largest absolute Gasteiger partial charge is 0.477 e. The third-order valence-electron chi connectivity index (χ3n) is 4.71. The van der Waals surface area contributed by atoms with E-state index in [9.17, 15) is 9.90 Å². The number of aromatic nitrogens is 3. The molecule has 0 amide bonds. The monoisotopic (exact) mass is 373 g/mol. The second kappa shape index (κ2) is 6.67. The summed E-state index contributed by atoms with van der Waals surface area (Å²) in [5, 5.41) is 24.2. The standard InChI is InChI=1S/C21H16N4O3/c1-13-18(14(2)28-23-13)19-20(26)24-9-4-3-8-17(24)25(21(19)27)12-16-7-5-6-15(10-16)11-22/h3-10H,12H2,1-2H3/p+1. The van der Waals surface area contributed by atoms with E-state index < -0.39 is 0 Å². The van der Waals surface area contributed by atoms with Crippen LogP contribution in [0.4, 0.5) is 0 Å². The van der Waals surface area contributed by atoms with Crippen molar-refractivity contribution in [2.24, 2.45) is 0 Å². The number of benzene rings is 1. The molecule has 0 aliphatic rings. The van der Waals surface area contributed by atoms with Gasteiger partial charge in [-0.3, -0.25) is 0 Å². The van der Waals surface area contributed by atoms with E-state index in [1.165, 1.54) is 4.40 Å². The molecule has 1 N–H and O–H groups in total. The molecule has 0 saturated heterocycles. The van der Waals surface area contributed by atoms with Crippen molar-refractivity contribution in [1.82, 2.24) is 9.56 Å². The Hall–Kier alpha value is -3.92. The fraction of sp³-hybridized carbons (Fsp3) is 0.143. The summed E-state index contributed by atoms with van der Waals surface area (Å²) in [5.74, 6) is 0.284. The summed E-state index contributed by atoms with van der Waals surface area (Å²) >= 11 is 0. The Morgan fingerprint density at radius 2 is 2.04 bits per heavy atom. The molecule has 0 fully saturated rings. The molecule has 7 nitrogen and oxygen atoms in total. The summed E-state index contributed by atoms with van der Waals surface area (Å²) in [7, 11) is 0. The highest BCUT2D eigenvalue weighted by atomic mass is 16.5. The molecule has 0 aliphatic heterocycles. The van der Waals surface area contributed by atoms with Gasteiger partial charge in [0.2, 0.25) is 0 Å². The maximum absolute atomic E-state index is 13.1. The Bertz CT molecular complexity index is 1290. The fourth-order valence-corrected chi connectivity index (χ4v) is 3.42. The second-order valence-corrected chi connectivity index (χ2v) is 6.53. The molecule has 28 heavy (non-hydrogen) atoms. The molecule has 3 aromatic heterocycles. The molecule has 0 saturated carbocycles. The van der Waals surface area contributed by atoms with Crippen LogP contribution in [0.1, 0.15) is 22.6 Å². The average molecular weight is 373 g/mol. The number of hydrogen-bond acceptors (Lipinski definition) is 5. The predicted octanol–water partition coefficient (Wildman–Crippen LogP) is 2.48. The van der Waals surface area contributed by atoms with E-state index in [1.807, 2.05) is 6.07 Å². The second-order valence-electron chi connectivity index (χ2n) is 6.53. The molecule has 0 unspecified atom stereocenters. The summed E-state index contributed by atoms with van der Waals surface area (Å²) in [5.41, 5.74) is 2.68. The first kappa shape index (κ1) is 17.5. The highest BCUT2D eigenvalue weighted by Gasteiger charge is 2.29. The summed E-state index contributed by atoms with van der Waals surface area (Å²) in [6.07, 6.45) is 1.65. The van der Waals surface area contributed by atoms with Gasteiger partial charge in [-0.1, -0.05) is 23.4 Å². The normalized spacial score (nSPS) is 10.9. The van der Waals surface area contributed by atoms with Gasteiger partial charge in [0.15, 0.2) is 5.56 Å². The zero-order chi connectivity index (χ0) is 19.8. The van der Waals surface area contributed by atoms with E-state index >= 15 is 0 Å². The third kappa shape index (κ3) is 2.72. The van der Waals surface area contributed by atoms with Crippen molar-refractivity contribution in [2.45, 2.75) is 20.4 Å². The lowest BCUT2D eigenvalue weighted by atomic mass is 10.1. The number of rotatable bonds is 3. The zero-order valence-corrected chi connectivity index (χ0v) is 15.4. The van der Waals surface area contributed by atoms with Crippen LogP contribution in [0.5, 0.6) is 5.88 Å². The first-order valence-corrected chi connectivity index (χ1v) is 8.69. The molecule has 0 atom stereocenters. The van der Waals surface area contributed by atoms with Crippen LogP contribution in [0.15, 0.2) is 58.0 Å². The number of aryl methyl sites for hydroxylation is 2. The molecule has 138 valence electrons. The molecular weight excluding hydrogens is 356 g/mol. The van der Waals surface area contributed by atoms with E-state index in [-0.39, 0.29) is 23.5 Å². The van der Waals surface area contributed by atoms with E-state index in [1.54, 1.807) is 61.0 Å². The summed E-state index contributed by atoms with van der Waals surface area (Å²) in [6, 6.07) is 14.6. The van der Waals surface area contributed by atoms with Crippen LogP contribution in [-0.2, 0) is 6.54 Å². The molecule has 0 bridgehead atoms. The zero-order valence-electron chi connectivity index (χ0n) is 15.4. The first-order chi connectivity index (χ1) is 13.5. The highest BCUT2D eigenvalue weighted by Crippen LogP contribution is 2.29. The number of nitriles is 1. The van der Waals surface area contributed by atoms with Crippen molar-refractivity contribution < 1.29 is 14.2 Å². The molecule has 0 aliphatic carbocycles. The van der Waals surface area contributed by atoms with Gasteiger partial charge in [-0.05, 0) is 37.6 Å². The first-order valence-electron chi connectivity index (χ1n) is 8.69. The smallest absolute Gasteiger partial charge is 0.354 e. The van der Waals surface area contributed by atoms with Crippen molar-refractivity contribution in [1.29, 1.82) is 5.26 Å². The highest BCUT2D eigenvalue weighted by molar-refractivity contribution is 5.70. The van der Waals surface area contributed by atoms with Gasteiger partial charge in [-0.15, -0.1) is 0 Å². The minimum absolute atomic E-state index is 0.136. The maximum Gasteiger partial charge on any atom is 0.354 e. The maximum atomic E-state index is 13.1. The minimum Gasteiger partial charge on any atom is -0.477 e. The van der Waals surface area contributed by atoms with Gasteiger partial charge >= 0.3 is 5.56 Å². The Balaban J connectivity index is 2.03. The minimum atomic E-state index is -0.357. The van der Waals surface area contributed by atoms with E-state index in [4.69, 9.17) is 9.78 Å². The summed E-state index contributed by atoms with van der Waals surface area (Å²) in [6.45, 7) is 3.71. The van der Waals surface area contributed by atoms with Gasteiger partial charge in [0.1, 0.15) is 12.3 Å². The van der Waals surface area contributed by atoms with Crippen LogP contribution in [0.25, 0.3) is 16.8 Å². The Labute approximate surface area is 160 Å². The lowest BCUT2D eigenvalue weighted by Gasteiger charge is -2.10. The topological polar surface area (TPSA) is 95.4 Å². The van der Waals surface area contributed by atoms with Crippen molar-refractivity contribution in [3.63, 3.8) is 0 Å². The van der Waals surface area contributed by atoms with Crippen molar-refractivity contribution in [3.05, 3.63) is 81.6 Å². The Morgan fingerprint density at radius 1 is 1.21 bits per heavy atom. The van der Waals surface area contributed by atoms with Crippen molar-refractivity contribution in [3.8, 4) is 23.1 Å². The van der Waals surface area contributed by atoms with Crippen LogP contribution in [0.3, 0.4) is 0 Å². The molecular formula is C21H17N4O3+. The van der Waals surface area contributed by atoms with Crippen LogP contribution in [-0.4, -0.2) is 14.7 Å². The SMILES string of the molecule is Cc1noc(C)c1-c1c(O)[n+](Cc2cccc(C#N)c2)c2ccccn2c1=O. The van der Waals surface area contributed by atoms with Gasteiger partial charge in [-0.25, -0.2) is 4.79 Å².